The molecule has 0 atom stereocenters. The lowest BCUT2D eigenvalue weighted by Gasteiger charge is -2.26. The number of rotatable bonds is 5. The molecule has 1 aliphatic heterocycles. The molecule has 114 valence electrons. The third-order valence-electron chi connectivity index (χ3n) is 3.64. The molecule has 0 spiro atoms. The van der Waals surface area contributed by atoms with E-state index < -0.39 is 0 Å². The Morgan fingerprint density at radius 1 is 0.842 bits per heavy atom. The molecule has 0 aliphatic carbocycles. The minimum atomic E-state index is 1.07. The lowest BCUT2D eigenvalue weighted by molar-refractivity contribution is 0.242. The van der Waals surface area contributed by atoms with Crippen molar-refractivity contribution < 1.29 is 0 Å². The number of nitrogens with one attached hydrogen (secondary N) is 3. The van der Waals surface area contributed by atoms with Crippen LogP contribution in [-0.4, -0.2) is 88.8 Å². The van der Waals surface area contributed by atoms with E-state index in [9.17, 15) is 0 Å². The molecule has 0 bridgehead atoms. The van der Waals surface area contributed by atoms with Crippen molar-refractivity contribution in [3.63, 3.8) is 0 Å². The first-order valence-corrected chi connectivity index (χ1v) is 7.87. The fourth-order valence-electron chi connectivity index (χ4n) is 2.46. The molecule has 0 saturated carbocycles. The van der Waals surface area contributed by atoms with Gasteiger partial charge in [0.1, 0.15) is 0 Å². The lowest BCUT2D eigenvalue weighted by Crippen LogP contribution is -2.44. The fraction of sp³-hybridized carbons (Fsp3) is 1.00. The molecule has 1 rings (SSSR count). The van der Waals surface area contributed by atoms with Gasteiger partial charge in [0.25, 0.3) is 0 Å². The quantitative estimate of drug-likeness (QED) is 0.624. The molecule has 1 heterocycles. The largest absolute Gasteiger partial charge is 0.318 e. The summed E-state index contributed by atoms with van der Waals surface area (Å²) < 4.78 is 0. The summed E-state index contributed by atoms with van der Waals surface area (Å²) in [4.78, 5) is 5.09. The summed E-state index contributed by atoms with van der Waals surface area (Å²) in [6.45, 7) is 14.8. The Morgan fingerprint density at radius 3 is 1.74 bits per heavy atom. The van der Waals surface area contributed by atoms with E-state index in [-0.39, 0.29) is 0 Å². The smallest absolute Gasteiger partial charge is 0.0108 e. The second kappa shape index (κ2) is 11.6. The molecule has 1 aliphatic rings. The van der Waals surface area contributed by atoms with Crippen LogP contribution in [0, 0.1) is 0 Å². The van der Waals surface area contributed by atoms with Gasteiger partial charge in [0.15, 0.2) is 0 Å². The van der Waals surface area contributed by atoms with Gasteiger partial charge in [-0.1, -0.05) is 6.92 Å². The standard InChI is InChI=1S/C14H33N5/c1-3-9-18-11-5-16-7-13-19(10-4-15-2)14-8-17-6-12-18/h15-17H,3-14H2,1-2H3. The highest BCUT2D eigenvalue weighted by Gasteiger charge is 2.07. The van der Waals surface area contributed by atoms with E-state index in [2.05, 4.69) is 32.7 Å². The van der Waals surface area contributed by atoms with Gasteiger partial charge in [-0.2, -0.15) is 0 Å². The zero-order valence-corrected chi connectivity index (χ0v) is 12.9. The van der Waals surface area contributed by atoms with E-state index in [0.29, 0.717) is 0 Å². The van der Waals surface area contributed by atoms with E-state index in [4.69, 9.17) is 0 Å². The average molecular weight is 271 g/mol. The van der Waals surface area contributed by atoms with E-state index >= 15 is 0 Å². The summed E-state index contributed by atoms with van der Waals surface area (Å²) in [5.41, 5.74) is 0. The minimum absolute atomic E-state index is 1.07. The molecule has 3 N–H and O–H groups in total. The highest BCUT2D eigenvalue weighted by Crippen LogP contribution is 1.91. The van der Waals surface area contributed by atoms with Crippen molar-refractivity contribution in [2.75, 3.05) is 79.0 Å². The number of nitrogens with zero attached hydrogens (tertiary/aromatic N) is 2. The zero-order valence-electron chi connectivity index (χ0n) is 12.9. The highest BCUT2D eigenvalue weighted by atomic mass is 15.2. The van der Waals surface area contributed by atoms with Gasteiger partial charge in [-0.3, -0.25) is 4.90 Å². The van der Waals surface area contributed by atoms with Crippen LogP contribution in [0.1, 0.15) is 13.3 Å². The van der Waals surface area contributed by atoms with Crippen LogP contribution >= 0.6 is 0 Å². The van der Waals surface area contributed by atoms with Gasteiger partial charge in [0.2, 0.25) is 0 Å². The van der Waals surface area contributed by atoms with Crippen molar-refractivity contribution in [3.8, 4) is 0 Å². The van der Waals surface area contributed by atoms with Crippen LogP contribution in [0.25, 0.3) is 0 Å². The first-order valence-electron chi connectivity index (χ1n) is 7.87. The van der Waals surface area contributed by atoms with E-state index in [1.54, 1.807) is 0 Å². The van der Waals surface area contributed by atoms with E-state index in [1.165, 1.54) is 26.1 Å². The Hall–Kier alpha value is -0.200. The van der Waals surface area contributed by atoms with Gasteiger partial charge in [-0.05, 0) is 20.0 Å². The summed E-state index contributed by atoms with van der Waals surface area (Å²) in [5.74, 6) is 0. The van der Waals surface area contributed by atoms with Crippen molar-refractivity contribution in [1.29, 1.82) is 0 Å². The maximum absolute atomic E-state index is 3.57. The Bertz CT molecular complexity index is 186. The van der Waals surface area contributed by atoms with E-state index in [0.717, 1.165) is 52.4 Å². The van der Waals surface area contributed by atoms with Crippen molar-refractivity contribution in [3.05, 3.63) is 0 Å². The number of hydrogen-bond acceptors (Lipinski definition) is 5. The Morgan fingerprint density at radius 2 is 1.32 bits per heavy atom. The normalized spacial score (nSPS) is 21.8. The van der Waals surface area contributed by atoms with Crippen molar-refractivity contribution in [2.45, 2.75) is 13.3 Å². The monoisotopic (exact) mass is 271 g/mol. The average Bonchev–Trinajstić information content (AvgIpc) is 2.40. The molecular formula is C14H33N5. The second-order valence-corrected chi connectivity index (χ2v) is 5.29. The van der Waals surface area contributed by atoms with Gasteiger partial charge >= 0.3 is 0 Å². The first-order chi connectivity index (χ1) is 9.36. The zero-order chi connectivity index (χ0) is 13.8. The first kappa shape index (κ1) is 16.9. The van der Waals surface area contributed by atoms with Crippen molar-refractivity contribution in [2.24, 2.45) is 0 Å². The van der Waals surface area contributed by atoms with Gasteiger partial charge in [-0.15, -0.1) is 0 Å². The number of hydrogen-bond donors (Lipinski definition) is 3. The molecule has 5 nitrogen and oxygen atoms in total. The molecule has 1 fully saturated rings. The van der Waals surface area contributed by atoms with Crippen LogP contribution < -0.4 is 16.0 Å². The van der Waals surface area contributed by atoms with Crippen molar-refractivity contribution in [1.82, 2.24) is 25.8 Å². The van der Waals surface area contributed by atoms with Crippen LogP contribution in [0.15, 0.2) is 0 Å². The fourth-order valence-corrected chi connectivity index (χ4v) is 2.46. The molecular weight excluding hydrogens is 238 g/mol. The molecule has 5 heteroatoms. The van der Waals surface area contributed by atoms with Crippen molar-refractivity contribution >= 4 is 0 Å². The third kappa shape index (κ3) is 8.55. The lowest BCUT2D eigenvalue weighted by atomic mass is 10.3. The second-order valence-electron chi connectivity index (χ2n) is 5.29. The topological polar surface area (TPSA) is 42.6 Å². The summed E-state index contributed by atoms with van der Waals surface area (Å²) >= 11 is 0. The van der Waals surface area contributed by atoms with Crippen LogP contribution in [0.2, 0.25) is 0 Å². The molecule has 0 aromatic carbocycles. The Balaban J connectivity index is 2.27. The minimum Gasteiger partial charge on any atom is -0.318 e. The molecule has 0 aromatic rings. The van der Waals surface area contributed by atoms with Gasteiger partial charge < -0.3 is 20.9 Å². The predicted octanol–water partition coefficient (Wildman–Crippen LogP) is -0.587. The van der Waals surface area contributed by atoms with Crippen LogP contribution in [0.5, 0.6) is 0 Å². The molecule has 0 amide bonds. The maximum atomic E-state index is 3.57. The summed E-state index contributed by atoms with van der Waals surface area (Å²) in [7, 11) is 2.02. The maximum Gasteiger partial charge on any atom is 0.0108 e. The summed E-state index contributed by atoms with van der Waals surface area (Å²) in [6, 6.07) is 0. The Kier molecular flexibility index (Phi) is 10.3. The molecule has 19 heavy (non-hydrogen) atoms. The van der Waals surface area contributed by atoms with Gasteiger partial charge in [-0.25, -0.2) is 0 Å². The summed E-state index contributed by atoms with van der Waals surface area (Å²) in [5, 5.41) is 10.4. The SMILES string of the molecule is CCCN1CCNCCN(CCNC)CCNCC1. The van der Waals surface area contributed by atoms with Gasteiger partial charge in [0, 0.05) is 65.4 Å². The van der Waals surface area contributed by atoms with E-state index in [1.807, 2.05) is 7.05 Å². The van der Waals surface area contributed by atoms with Crippen LogP contribution in [-0.2, 0) is 0 Å². The molecule has 1 saturated heterocycles. The highest BCUT2D eigenvalue weighted by molar-refractivity contribution is 4.67. The van der Waals surface area contributed by atoms with Gasteiger partial charge in [0.05, 0.1) is 0 Å². The molecule has 0 unspecified atom stereocenters. The third-order valence-corrected chi connectivity index (χ3v) is 3.64. The van der Waals surface area contributed by atoms with Crippen LogP contribution in [0.4, 0.5) is 0 Å². The molecule has 0 radical (unpaired) electrons. The summed E-state index contributed by atoms with van der Waals surface area (Å²) in [6.07, 6.45) is 1.25. The predicted molar refractivity (Wildman–Crippen MR) is 82.8 cm³/mol. The van der Waals surface area contributed by atoms with Crippen LogP contribution in [0.3, 0.4) is 0 Å². The number of likely N-dealkylation sites (N-methyl/N-ethyl adjacent to an activating group) is 1. The Labute approximate surface area is 119 Å². The molecule has 0 aromatic heterocycles.